The van der Waals surface area contributed by atoms with Gasteiger partial charge in [0, 0.05) is 32.1 Å². The number of thiophene rings is 1. The van der Waals surface area contributed by atoms with Gasteiger partial charge in [0.25, 0.3) is 0 Å². The molecule has 0 unspecified atom stereocenters. The van der Waals surface area contributed by atoms with Crippen LogP contribution in [0.2, 0.25) is 0 Å². The number of hydrogen-bond donors (Lipinski definition) is 0. The van der Waals surface area contributed by atoms with Gasteiger partial charge in [-0.15, -0.1) is 11.3 Å². The van der Waals surface area contributed by atoms with Crippen molar-refractivity contribution in [1.29, 1.82) is 0 Å². The highest BCUT2D eigenvalue weighted by Gasteiger charge is 2.23. The predicted octanol–water partition coefficient (Wildman–Crippen LogP) is 9.75. The molecule has 0 amide bonds. The summed E-state index contributed by atoms with van der Waals surface area (Å²) in [5, 5.41) is 3.98. The Hall–Kier alpha value is -4.21. The Morgan fingerprint density at radius 3 is 2.45 bits per heavy atom. The van der Waals surface area contributed by atoms with Gasteiger partial charge >= 0.3 is 0 Å². The van der Waals surface area contributed by atoms with Gasteiger partial charge in [-0.1, -0.05) is 91.0 Å². The first-order chi connectivity index (χ1) is 18.8. The minimum Gasteiger partial charge on any atom is -0.296 e. The molecule has 8 rings (SSSR count). The summed E-state index contributed by atoms with van der Waals surface area (Å²) in [6, 6.07) is 28.7. The molecule has 0 saturated carbocycles. The third kappa shape index (κ3) is 3.35. The maximum atomic E-state index is 5.37. The molecule has 0 spiro atoms. The maximum absolute atomic E-state index is 5.37. The Morgan fingerprint density at radius 2 is 1.55 bits per heavy atom. The van der Waals surface area contributed by atoms with Crippen molar-refractivity contribution in [1.82, 2.24) is 9.55 Å². The first kappa shape index (κ1) is 21.8. The summed E-state index contributed by atoms with van der Waals surface area (Å²) in [5.41, 5.74) is 8.68. The third-order valence-electron chi connectivity index (χ3n) is 7.89. The largest absolute Gasteiger partial charge is 0.296 e. The third-order valence-corrected chi connectivity index (χ3v) is 9.08. The van der Waals surface area contributed by atoms with Crippen molar-refractivity contribution >= 4 is 54.1 Å². The van der Waals surface area contributed by atoms with E-state index in [4.69, 9.17) is 4.98 Å². The van der Waals surface area contributed by atoms with Crippen molar-refractivity contribution in [2.75, 3.05) is 0 Å². The Morgan fingerprint density at radius 1 is 0.711 bits per heavy atom. The molecule has 3 aromatic heterocycles. The van der Waals surface area contributed by atoms with Gasteiger partial charge in [0.2, 0.25) is 0 Å². The van der Waals surface area contributed by atoms with Gasteiger partial charge in [-0.25, -0.2) is 4.98 Å². The van der Waals surface area contributed by atoms with Crippen LogP contribution in [0.4, 0.5) is 0 Å². The molecule has 0 N–H and O–H groups in total. The number of hydrogen-bond acceptors (Lipinski definition) is 2. The van der Waals surface area contributed by atoms with Crippen LogP contribution in [-0.2, 0) is 6.42 Å². The van der Waals surface area contributed by atoms with E-state index in [-0.39, 0.29) is 0 Å². The fourth-order valence-corrected chi connectivity index (χ4v) is 7.35. The molecule has 0 fully saturated rings. The van der Waals surface area contributed by atoms with Gasteiger partial charge in [0.15, 0.2) is 0 Å². The van der Waals surface area contributed by atoms with Crippen LogP contribution in [0, 0.1) is 0 Å². The van der Waals surface area contributed by atoms with E-state index in [1.807, 2.05) is 11.3 Å². The topological polar surface area (TPSA) is 17.8 Å². The summed E-state index contributed by atoms with van der Waals surface area (Å²) in [5.74, 6) is 1.01. The van der Waals surface area contributed by atoms with Crippen LogP contribution >= 0.6 is 11.3 Å². The number of nitrogens with zero attached hydrogens (tertiary/aromatic N) is 2. The van der Waals surface area contributed by atoms with Crippen molar-refractivity contribution in [2.45, 2.75) is 25.7 Å². The number of allylic oxidation sites excluding steroid dienone is 5. The van der Waals surface area contributed by atoms with Crippen molar-refractivity contribution in [3.8, 4) is 16.9 Å². The molecule has 0 bridgehead atoms. The molecule has 2 aliphatic carbocycles. The summed E-state index contributed by atoms with van der Waals surface area (Å²) < 4.78 is 5.16. The van der Waals surface area contributed by atoms with E-state index in [1.54, 1.807) is 0 Å². The summed E-state index contributed by atoms with van der Waals surface area (Å²) in [4.78, 5) is 5.37. The molecule has 0 aliphatic heterocycles. The number of pyridine rings is 1. The number of rotatable bonds is 3. The average Bonchev–Trinajstić information content (AvgIpc) is 3.54. The smallest absolute Gasteiger partial charge is 0.138 e. The molecule has 3 aromatic carbocycles. The maximum Gasteiger partial charge on any atom is 0.138 e. The minimum absolute atomic E-state index is 1.01. The van der Waals surface area contributed by atoms with E-state index < -0.39 is 0 Å². The molecule has 2 nitrogen and oxygen atoms in total. The lowest BCUT2D eigenvalue weighted by Gasteiger charge is -2.16. The second kappa shape index (κ2) is 8.68. The molecule has 0 saturated heterocycles. The Labute approximate surface area is 225 Å². The fourth-order valence-electron chi connectivity index (χ4n) is 6.11. The minimum atomic E-state index is 1.01. The van der Waals surface area contributed by atoms with Crippen molar-refractivity contribution in [2.24, 2.45) is 0 Å². The monoisotopic (exact) mass is 506 g/mol. The van der Waals surface area contributed by atoms with Crippen molar-refractivity contribution < 1.29 is 0 Å². The predicted molar refractivity (Wildman–Crippen MR) is 163 cm³/mol. The first-order valence-electron chi connectivity index (χ1n) is 13.4. The first-order valence-corrected chi connectivity index (χ1v) is 14.3. The highest BCUT2D eigenvalue weighted by molar-refractivity contribution is 7.26. The van der Waals surface area contributed by atoms with Gasteiger partial charge in [0.1, 0.15) is 5.82 Å². The molecular formula is C35H26N2S. The normalized spacial score (nSPS) is 14.9. The van der Waals surface area contributed by atoms with Crippen LogP contribution in [0.1, 0.15) is 36.2 Å². The van der Waals surface area contributed by atoms with Crippen LogP contribution in [0.15, 0.2) is 103 Å². The zero-order valence-electron chi connectivity index (χ0n) is 21.0. The molecule has 0 atom stereocenters. The standard InChI is InChI=1S/C35H26N2S/c1-3-11-23(12-4-1)25-21-30(24-13-5-2-6-14-24)36-33(22-25)37-31-17-9-7-15-26(31)28-19-20-29-27-16-8-10-18-32(27)38-35(29)34(28)37/h1,3-5,7-8,10-16,18-22H,2,6,9,17H2. The number of fused-ring (bicyclic) bond motifs is 7. The van der Waals surface area contributed by atoms with Gasteiger partial charge < -0.3 is 0 Å². The van der Waals surface area contributed by atoms with Gasteiger partial charge in [-0.3, -0.25) is 4.57 Å². The quantitative estimate of drug-likeness (QED) is 0.234. The lowest BCUT2D eigenvalue weighted by Crippen LogP contribution is -2.07. The molecular weight excluding hydrogens is 480 g/mol. The van der Waals surface area contributed by atoms with E-state index in [1.165, 1.54) is 59.0 Å². The van der Waals surface area contributed by atoms with Gasteiger partial charge in [0.05, 0.1) is 15.9 Å². The van der Waals surface area contributed by atoms with Crippen LogP contribution in [-0.4, -0.2) is 9.55 Å². The van der Waals surface area contributed by atoms with Gasteiger partial charge in [-0.05, 0) is 60.6 Å². The summed E-state index contributed by atoms with van der Waals surface area (Å²) >= 11 is 1.90. The highest BCUT2D eigenvalue weighted by Crippen LogP contribution is 2.43. The van der Waals surface area contributed by atoms with E-state index in [0.29, 0.717) is 0 Å². The second-order valence-corrected chi connectivity index (χ2v) is 11.2. The number of aromatic nitrogens is 2. The molecule has 182 valence electrons. The van der Waals surface area contributed by atoms with Crippen LogP contribution in [0.25, 0.3) is 59.7 Å². The summed E-state index contributed by atoms with van der Waals surface area (Å²) in [7, 11) is 0. The molecule has 0 radical (unpaired) electrons. The van der Waals surface area contributed by atoms with E-state index >= 15 is 0 Å². The summed E-state index contributed by atoms with van der Waals surface area (Å²) in [6.45, 7) is 0. The van der Waals surface area contributed by atoms with Crippen LogP contribution in [0.3, 0.4) is 0 Å². The SMILES string of the molecule is C1=CC(c2cc(-c3ccccc3)cc(-n3c4c(c5ccc6c7ccccc7sc6c53)C=CCC4)n2)=CCC1. The lowest BCUT2D eigenvalue weighted by atomic mass is 9.99. The Balaban J connectivity index is 1.49. The lowest BCUT2D eigenvalue weighted by molar-refractivity contribution is 0.871. The summed E-state index contributed by atoms with van der Waals surface area (Å²) in [6.07, 6.45) is 15.7. The molecule has 6 aromatic rings. The van der Waals surface area contributed by atoms with E-state index in [9.17, 15) is 0 Å². The molecule has 38 heavy (non-hydrogen) atoms. The molecule has 2 aliphatic rings. The average molecular weight is 507 g/mol. The highest BCUT2D eigenvalue weighted by atomic mass is 32.1. The van der Waals surface area contributed by atoms with E-state index in [2.05, 4.69) is 114 Å². The van der Waals surface area contributed by atoms with Gasteiger partial charge in [-0.2, -0.15) is 0 Å². The Bertz CT molecular complexity index is 1960. The van der Waals surface area contributed by atoms with Crippen LogP contribution in [0.5, 0.6) is 0 Å². The molecule has 3 heteroatoms. The van der Waals surface area contributed by atoms with Crippen LogP contribution < -0.4 is 0 Å². The zero-order valence-corrected chi connectivity index (χ0v) is 21.8. The Kier molecular flexibility index (Phi) is 4.99. The molecule has 3 heterocycles. The second-order valence-electron chi connectivity index (χ2n) is 10.2. The zero-order chi connectivity index (χ0) is 25.1. The number of benzene rings is 3. The van der Waals surface area contributed by atoms with Crippen molar-refractivity contribution in [3.05, 3.63) is 120 Å². The van der Waals surface area contributed by atoms with E-state index in [0.717, 1.165) is 37.2 Å². The van der Waals surface area contributed by atoms with Crippen molar-refractivity contribution in [3.63, 3.8) is 0 Å². The fraction of sp³-hybridized carbons (Fsp3) is 0.114.